The van der Waals surface area contributed by atoms with Crippen LogP contribution in [0, 0.1) is 0 Å². The molecule has 2 aromatic rings. The second-order valence-electron chi connectivity index (χ2n) is 2.58. The molecule has 0 fully saturated rings. The van der Waals surface area contributed by atoms with Crippen LogP contribution in [0.25, 0.3) is 0 Å². The standard InChI is InChI=1S/C9H7BrN2S2/c10-6-1-2-7(11)8(5-6)14-9-12-3-4-13-9/h1-5H,11H2. The maximum atomic E-state index is 5.84. The summed E-state index contributed by atoms with van der Waals surface area (Å²) < 4.78 is 2.04. The van der Waals surface area contributed by atoms with Crippen molar-refractivity contribution in [2.24, 2.45) is 0 Å². The SMILES string of the molecule is Nc1ccc(Br)cc1Sc1nccs1. The Balaban J connectivity index is 2.28. The van der Waals surface area contributed by atoms with Crippen LogP contribution in [0.1, 0.15) is 0 Å². The summed E-state index contributed by atoms with van der Waals surface area (Å²) in [6.45, 7) is 0. The molecule has 0 atom stereocenters. The van der Waals surface area contributed by atoms with Crippen molar-refractivity contribution in [2.45, 2.75) is 9.24 Å². The maximum Gasteiger partial charge on any atom is 0.154 e. The van der Waals surface area contributed by atoms with Gasteiger partial charge < -0.3 is 5.73 Å². The monoisotopic (exact) mass is 286 g/mol. The Labute approximate surface area is 98.7 Å². The molecule has 0 saturated carbocycles. The van der Waals surface area contributed by atoms with Crippen molar-refractivity contribution in [3.63, 3.8) is 0 Å². The quantitative estimate of drug-likeness (QED) is 0.857. The van der Waals surface area contributed by atoms with E-state index in [0.717, 1.165) is 19.4 Å². The zero-order chi connectivity index (χ0) is 9.97. The number of nitrogen functional groups attached to an aromatic ring is 1. The van der Waals surface area contributed by atoms with Gasteiger partial charge in [-0.2, -0.15) is 0 Å². The van der Waals surface area contributed by atoms with Gasteiger partial charge in [0.25, 0.3) is 0 Å². The number of thiazole rings is 1. The van der Waals surface area contributed by atoms with Crippen LogP contribution in [0.4, 0.5) is 5.69 Å². The summed E-state index contributed by atoms with van der Waals surface area (Å²) in [5.74, 6) is 0. The number of nitrogens with two attached hydrogens (primary N) is 1. The first-order chi connectivity index (χ1) is 6.75. The zero-order valence-corrected chi connectivity index (χ0v) is 10.3. The summed E-state index contributed by atoms with van der Waals surface area (Å²) in [5.41, 5.74) is 6.63. The number of hydrogen-bond acceptors (Lipinski definition) is 4. The van der Waals surface area contributed by atoms with E-state index in [2.05, 4.69) is 20.9 Å². The number of benzene rings is 1. The molecule has 2 nitrogen and oxygen atoms in total. The molecule has 2 rings (SSSR count). The molecule has 0 aliphatic rings. The van der Waals surface area contributed by atoms with Crippen molar-refractivity contribution in [1.82, 2.24) is 4.98 Å². The molecule has 1 aromatic carbocycles. The molecule has 0 amide bonds. The minimum Gasteiger partial charge on any atom is -0.398 e. The van der Waals surface area contributed by atoms with Crippen LogP contribution < -0.4 is 5.73 Å². The van der Waals surface area contributed by atoms with Crippen molar-refractivity contribution < 1.29 is 0 Å². The Bertz CT molecular complexity index is 428. The van der Waals surface area contributed by atoms with Crippen molar-refractivity contribution in [3.05, 3.63) is 34.2 Å². The first-order valence-electron chi connectivity index (χ1n) is 3.88. The van der Waals surface area contributed by atoms with Crippen molar-refractivity contribution in [3.8, 4) is 0 Å². The normalized spacial score (nSPS) is 10.4. The molecule has 0 saturated heterocycles. The van der Waals surface area contributed by atoms with E-state index in [1.807, 2.05) is 23.6 Å². The Kier molecular flexibility index (Phi) is 3.10. The minimum atomic E-state index is 0.786. The Morgan fingerprint density at radius 2 is 2.29 bits per heavy atom. The lowest BCUT2D eigenvalue weighted by atomic mass is 10.3. The molecule has 0 aliphatic heterocycles. The fourth-order valence-electron chi connectivity index (χ4n) is 0.951. The molecular formula is C9H7BrN2S2. The molecule has 0 bridgehead atoms. The molecule has 14 heavy (non-hydrogen) atoms. The van der Waals surface area contributed by atoms with Gasteiger partial charge in [-0.3, -0.25) is 0 Å². The number of anilines is 1. The predicted molar refractivity (Wildman–Crippen MR) is 64.8 cm³/mol. The summed E-state index contributed by atoms with van der Waals surface area (Å²) in [6, 6.07) is 5.82. The van der Waals surface area contributed by atoms with E-state index in [1.54, 1.807) is 29.3 Å². The van der Waals surface area contributed by atoms with Gasteiger partial charge >= 0.3 is 0 Å². The molecule has 0 unspecified atom stereocenters. The van der Waals surface area contributed by atoms with Crippen molar-refractivity contribution >= 4 is 44.7 Å². The van der Waals surface area contributed by atoms with Gasteiger partial charge in [0.15, 0.2) is 4.34 Å². The molecule has 72 valence electrons. The smallest absolute Gasteiger partial charge is 0.154 e. The topological polar surface area (TPSA) is 38.9 Å². The third-order valence-electron chi connectivity index (χ3n) is 1.58. The number of nitrogens with zero attached hydrogens (tertiary/aromatic N) is 1. The molecule has 1 heterocycles. The lowest BCUT2D eigenvalue weighted by Crippen LogP contribution is -1.87. The molecule has 2 N–H and O–H groups in total. The average Bonchev–Trinajstić information content (AvgIpc) is 2.64. The average molecular weight is 287 g/mol. The van der Waals surface area contributed by atoms with Crippen molar-refractivity contribution in [1.29, 1.82) is 0 Å². The Hall–Kier alpha value is -0.520. The van der Waals surface area contributed by atoms with Gasteiger partial charge in [0.2, 0.25) is 0 Å². The summed E-state index contributed by atoms with van der Waals surface area (Å²) in [4.78, 5) is 5.23. The van der Waals surface area contributed by atoms with Crippen LogP contribution in [0.2, 0.25) is 0 Å². The lowest BCUT2D eigenvalue weighted by Gasteiger charge is -2.02. The van der Waals surface area contributed by atoms with Gasteiger partial charge in [-0.25, -0.2) is 4.98 Å². The van der Waals surface area contributed by atoms with Gasteiger partial charge in [-0.05, 0) is 18.2 Å². The van der Waals surface area contributed by atoms with E-state index in [4.69, 9.17) is 5.73 Å². The van der Waals surface area contributed by atoms with E-state index < -0.39 is 0 Å². The van der Waals surface area contributed by atoms with Crippen LogP contribution in [0.15, 0.2) is 43.5 Å². The summed E-state index contributed by atoms with van der Waals surface area (Å²) in [5, 5.41) is 1.95. The highest BCUT2D eigenvalue weighted by Crippen LogP contribution is 2.34. The number of rotatable bonds is 2. The molecule has 0 spiro atoms. The highest BCUT2D eigenvalue weighted by Gasteiger charge is 2.04. The largest absolute Gasteiger partial charge is 0.398 e. The van der Waals surface area contributed by atoms with Gasteiger partial charge in [-0.15, -0.1) is 11.3 Å². The summed E-state index contributed by atoms with van der Waals surface area (Å²) in [7, 11) is 0. The van der Waals surface area contributed by atoms with Gasteiger partial charge in [-0.1, -0.05) is 27.7 Å². The van der Waals surface area contributed by atoms with E-state index in [-0.39, 0.29) is 0 Å². The number of aromatic nitrogens is 1. The minimum absolute atomic E-state index is 0.786. The Morgan fingerprint density at radius 3 is 3.00 bits per heavy atom. The number of halogens is 1. The van der Waals surface area contributed by atoms with Gasteiger partial charge in [0.05, 0.1) is 0 Å². The highest BCUT2D eigenvalue weighted by atomic mass is 79.9. The van der Waals surface area contributed by atoms with E-state index in [1.165, 1.54) is 0 Å². The molecule has 1 aromatic heterocycles. The van der Waals surface area contributed by atoms with E-state index >= 15 is 0 Å². The molecular weight excluding hydrogens is 280 g/mol. The molecule has 0 radical (unpaired) electrons. The molecule has 5 heteroatoms. The van der Waals surface area contributed by atoms with E-state index in [0.29, 0.717) is 0 Å². The maximum absolute atomic E-state index is 5.84. The van der Waals surface area contributed by atoms with Crippen LogP contribution >= 0.6 is 39.0 Å². The third kappa shape index (κ3) is 2.29. The first-order valence-corrected chi connectivity index (χ1v) is 6.37. The zero-order valence-electron chi connectivity index (χ0n) is 7.11. The van der Waals surface area contributed by atoms with Crippen LogP contribution in [0.3, 0.4) is 0 Å². The highest BCUT2D eigenvalue weighted by molar-refractivity contribution is 9.10. The third-order valence-corrected chi connectivity index (χ3v) is 4.03. The Morgan fingerprint density at radius 1 is 1.43 bits per heavy atom. The summed E-state index contributed by atoms with van der Waals surface area (Å²) in [6.07, 6.45) is 1.79. The molecule has 0 aliphatic carbocycles. The summed E-state index contributed by atoms with van der Waals surface area (Å²) >= 11 is 6.62. The van der Waals surface area contributed by atoms with Crippen LogP contribution in [-0.4, -0.2) is 4.98 Å². The van der Waals surface area contributed by atoms with Crippen LogP contribution in [-0.2, 0) is 0 Å². The second-order valence-corrected chi connectivity index (χ2v) is 5.68. The predicted octanol–water partition coefficient (Wildman–Crippen LogP) is 3.64. The fraction of sp³-hybridized carbons (Fsp3) is 0. The van der Waals surface area contributed by atoms with Crippen molar-refractivity contribution in [2.75, 3.05) is 5.73 Å². The number of hydrogen-bond donors (Lipinski definition) is 1. The van der Waals surface area contributed by atoms with Gasteiger partial charge in [0.1, 0.15) is 0 Å². The van der Waals surface area contributed by atoms with Gasteiger partial charge in [0, 0.05) is 26.6 Å². The fourth-order valence-corrected chi connectivity index (χ4v) is 3.13. The van der Waals surface area contributed by atoms with Crippen LogP contribution in [0.5, 0.6) is 0 Å². The van der Waals surface area contributed by atoms with E-state index in [9.17, 15) is 0 Å². The second kappa shape index (κ2) is 4.33. The lowest BCUT2D eigenvalue weighted by molar-refractivity contribution is 1.25. The first kappa shape index (κ1) is 10.0.